The monoisotopic (exact) mass is 227 g/mol. The van der Waals surface area contributed by atoms with Crippen LogP contribution in [-0.4, -0.2) is 18.1 Å². The summed E-state index contributed by atoms with van der Waals surface area (Å²) in [7, 11) is 0. The normalized spacial score (nSPS) is 23.1. The highest BCUT2D eigenvalue weighted by Crippen LogP contribution is 2.36. The molecule has 0 unspecified atom stereocenters. The van der Waals surface area contributed by atoms with Gasteiger partial charge in [-0.05, 0) is 37.0 Å². The van der Waals surface area contributed by atoms with E-state index < -0.39 is 6.04 Å². The molecule has 1 rings (SSSR count). The molecule has 16 heavy (non-hydrogen) atoms. The first-order chi connectivity index (χ1) is 7.32. The molecule has 0 amide bonds. The quantitative estimate of drug-likeness (QED) is 0.754. The summed E-state index contributed by atoms with van der Waals surface area (Å²) in [5, 5.41) is 0. The molecule has 1 fully saturated rings. The second-order valence-corrected chi connectivity index (χ2v) is 6.07. The summed E-state index contributed by atoms with van der Waals surface area (Å²) < 4.78 is 5.44. The Morgan fingerprint density at radius 2 is 1.81 bits per heavy atom. The van der Waals surface area contributed by atoms with Crippen molar-refractivity contribution in [3.8, 4) is 0 Å². The fourth-order valence-corrected chi connectivity index (χ4v) is 2.01. The van der Waals surface area contributed by atoms with Crippen LogP contribution < -0.4 is 5.73 Å². The van der Waals surface area contributed by atoms with Crippen LogP contribution >= 0.6 is 0 Å². The molecule has 1 aliphatic rings. The zero-order chi connectivity index (χ0) is 12.3. The van der Waals surface area contributed by atoms with Crippen molar-refractivity contribution in [2.24, 2.45) is 17.1 Å². The van der Waals surface area contributed by atoms with Gasteiger partial charge in [0.05, 0.1) is 0 Å². The summed E-state index contributed by atoms with van der Waals surface area (Å²) in [4.78, 5) is 11.7. The fraction of sp³-hybridized carbons (Fsp3) is 0.923. The molecule has 0 aromatic carbocycles. The van der Waals surface area contributed by atoms with E-state index in [2.05, 4.69) is 13.8 Å². The summed E-state index contributed by atoms with van der Waals surface area (Å²) in [6, 6.07) is -0.477. The molecular weight excluding hydrogens is 202 g/mol. The van der Waals surface area contributed by atoms with Gasteiger partial charge in [-0.1, -0.05) is 27.7 Å². The SMILES string of the molecule is CC(C)[C@@H](N)C(=O)OC1CCC(C)(C)CC1. The topological polar surface area (TPSA) is 52.3 Å². The van der Waals surface area contributed by atoms with E-state index in [1.54, 1.807) is 0 Å². The van der Waals surface area contributed by atoms with Crippen molar-refractivity contribution in [3.63, 3.8) is 0 Å². The van der Waals surface area contributed by atoms with Crippen molar-refractivity contribution in [2.45, 2.75) is 65.5 Å². The number of hydrogen-bond acceptors (Lipinski definition) is 3. The van der Waals surface area contributed by atoms with Crippen LogP contribution in [0.1, 0.15) is 53.4 Å². The third kappa shape index (κ3) is 3.78. The van der Waals surface area contributed by atoms with Gasteiger partial charge in [0.2, 0.25) is 0 Å². The van der Waals surface area contributed by atoms with Gasteiger partial charge in [0.25, 0.3) is 0 Å². The molecule has 0 heterocycles. The molecule has 1 atom stereocenters. The first kappa shape index (κ1) is 13.5. The van der Waals surface area contributed by atoms with Crippen molar-refractivity contribution >= 4 is 5.97 Å². The molecule has 3 heteroatoms. The fourth-order valence-electron chi connectivity index (χ4n) is 2.01. The lowest BCUT2D eigenvalue weighted by molar-refractivity contribution is -0.154. The minimum atomic E-state index is -0.477. The van der Waals surface area contributed by atoms with Gasteiger partial charge in [0.15, 0.2) is 0 Å². The zero-order valence-electron chi connectivity index (χ0n) is 11.0. The van der Waals surface area contributed by atoms with Crippen molar-refractivity contribution in [2.75, 3.05) is 0 Å². The van der Waals surface area contributed by atoms with Crippen molar-refractivity contribution in [1.82, 2.24) is 0 Å². The molecule has 0 aromatic heterocycles. The Hall–Kier alpha value is -0.570. The van der Waals surface area contributed by atoms with Crippen LogP contribution in [-0.2, 0) is 9.53 Å². The van der Waals surface area contributed by atoms with Gasteiger partial charge in [-0.2, -0.15) is 0 Å². The first-order valence-electron chi connectivity index (χ1n) is 6.28. The number of nitrogens with two attached hydrogens (primary N) is 1. The largest absolute Gasteiger partial charge is 0.461 e. The minimum Gasteiger partial charge on any atom is -0.461 e. The van der Waals surface area contributed by atoms with Gasteiger partial charge in [-0.25, -0.2) is 0 Å². The van der Waals surface area contributed by atoms with E-state index in [1.165, 1.54) is 0 Å². The van der Waals surface area contributed by atoms with E-state index in [0.717, 1.165) is 25.7 Å². The minimum absolute atomic E-state index is 0.0883. The van der Waals surface area contributed by atoms with E-state index in [-0.39, 0.29) is 18.0 Å². The van der Waals surface area contributed by atoms with Crippen LogP contribution in [0.5, 0.6) is 0 Å². The van der Waals surface area contributed by atoms with Gasteiger partial charge < -0.3 is 10.5 Å². The number of carbonyl (C=O) groups excluding carboxylic acids is 1. The van der Waals surface area contributed by atoms with Crippen LogP contribution in [0.4, 0.5) is 0 Å². The molecule has 1 saturated carbocycles. The van der Waals surface area contributed by atoms with Crippen LogP contribution in [0.3, 0.4) is 0 Å². The molecule has 2 N–H and O–H groups in total. The average Bonchev–Trinajstić information content (AvgIpc) is 2.19. The number of esters is 1. The molecule has 0 radical (unpaired) electrons. The Kier molecular flexibility index (Phi) is 4.36. The molecule has 3 nitrogen and oxygen atoms in total. The van der Waals surface area contributed by atoms with E-state index >= 15 is 0 Å². The Bertz CT molecular complexity index is 238. The van der Waals surface area contributed by atoms with E-state index in [4.69, 9.17) is 10.5 Å². The van der Waals surface area contributed by atoms with Gasteiger partial charge >= 0.3 is 5.97 Å². The van der Waals surface area contributed by atoms with Crippen LogP contribution in [0, 0.1) is 11.3 Å². The Morgan fingerprint density at radius 1 is 1.31 bits per heavy atom. The summed E-state index contributed by atoms with van der Waals surface area (Å²) in [6.45, 7) is 8.42. The van der Waals surface area contributed by atoms with Gasteiger partial charge in [0.1, 0.15) is 12.1 Å². The van der Waals surface area contributed by atoms with E-state index in [9.17, 15) is 4.79 Å². The zero-order valence-corrected chi connectivity index (χ0v) is 11.0. The third-order valence-electron chi connectivity index (χ3n) is 3.56. The molecule has 0 aliphatic heterocycles. The highest BCUT2D eigenvalue weighted by Gasteiger charge is 2.30. The molecule has 1 aliphatic carbocycles. The van der Waals surface area contributed by atoms with Crippen LogP contribution in [0.25, 0.3) is 0 Å². The number of hydrogen-bond donors (Lipinski definition) is 1. The second-order valence-electron chi connectivity index (χ2n) is 6.07. The highest BCUT2D eigenvalue weighted by molar-refractivity contribution is 5.75. The van der Waals surface area contributed by atoms with Crippen molar-refractivity contribution < 1.29 is 9.53 Å². The number of carbonyl (C=O) groups is 1. The van der Waals surface area contributed by atoms with E-state index in [0.29, 0.717) is 5.41 Å². The molecular formula is C13H25NO2. The lowest BCUT2D eigenvalue weighted by atomic mass is 9.76. The maximum absolute atomic E-state index is 11.7. The highest BCUT2D eigenvalue weighted by atomic mass is 16.5. The lowest BCUT2D eigenvalue weighted by Gasteiger charge is -2.34. The molecule has 0 saturated heterocycles. The maximum Gasteiger partial charge on any atom is 0.323 e. The standard InChI is InChI=1S/C13H25NO2/c1-9(2)11(14)12(15)16-10-5-7-13(3,4)8-6-10/h9-11H,5-8,14H2,1-4H3/t11-/m1/s1. The van der Waals surface area contributed by atoms with Crippen molar-refractivity contribution in [3.05, 3.63) is 0 Å². The predicted octanol–water partition coefficient (Wildman–Crippen LogP) is 2.48. The predicted molar refractivity (Wildman–Crippen MR) is 64.9 cm³/mol. The van der Waals surface area contributed by atoms with Crippen LogP contribution in [0.15, 0.2) is 0 Å². The van der Waals surface area contributed by atoms with Gasteiger partial charge in [0, 0.05) is 0 Å². The number of rotatable bonds is 3. The lowest BCUT2D eigenvalue weighted by Crippen LogP contribution is -2.40. The second kappa shape index (κ2) is 5.17. The Balaban J connectivity index is 2.37. The smallest absolute Gasteiger partial charge is 0.323 e. The summed E-state index contributed by atoms with van der Waals surface area (Å²) >= 11 is 0. The first-order valence-corrected chi connectivity index (χ1v) is 6.28. The van der Waals surface area contributed by atoms with Crippen LogP contribution in [0.2, 0.25) is 0 Å². The van der Waals surface area contributed by atoms with Crippen molar-refractivity contribution in [1.29, 1.82) is 0 Å². The summed E-state index contributed by atoms with van der Waals surface area (Å²) in [5.41, 5.74) is 6.16. The van der Waals surface area contributed by atoms with Gasteiger partial charge in [-0.15, -0.1) is 0 Å². The Morgan fingerprint density at radius 3 is 2.25 bits per heavy atom. The molecule has 0 spiro atoms. The molecule has 94 valence electrons. The summed E-state index contributed by atoms with van der Waals surface area (Å²) in [5.74, 6) is -0.0905. The van der Waals surface area contributed by atoms with E-state index in [1.807, 2.05) is 13.8 Å². The summed E-state index contributed by atoms with van der Waals surface area (Å²) in [6.07, 6.45) is 4.29. The third-order valence-corrected chi connectivity index (χ3v) is 3.56. The number of ether oxygens (including phenoxy) is 1. The van der Waals surface area contributed by atoms with Gasteiger partial charge in [-0.3, -0.25) is 4.79 Å². The molecule has 0 bridgehead atoms. The molecule has 0 aromatic rings. The maximum atomic E-state index is 11.7. The Labute approximate surface area is 98.7 Å². The average molecular weight is 227 g/mol.